The van der Waals surface area contributed by atoms with E-state index in [2.05, 4.69) is 10.6 Å². The van der Waals surface area contributed by atoms with Crippen molar-refractivity contribution in [2.45, 2.75) is 50.5 Å². The molecule has 3 rings (SSSR count). The van der Waals surface area contributed by atoms with E-state index in [4.69, 9.17) is 0 Å². The number of hydrogen-bond acceptors (Lipinski definition) is 2. The molecule has 0 unspecified atom stereocenters. The molecule has 0 atom stereocenters. The van der Waals surface area contributed by atoms with Crippen LogP contribution in [0, 0.1) is 11.6 Å². The van der Waals surface area contributed by atoms with Crippen LogP contribution < -0.4 is 10.6 Å². The molecule has 1 aliphatic carbocycles. The van der Waals surface area contributed by atoms with Gasteiger partial charge in [0.15, 0.2) is 11.6 Å². The summed E-state index contributed by atoms with van der Waals surface area (Å²) in [7, 11) is 0. The lowest BCUT2D eigenvalue weighted by Crippen LogP contribution is -2.33. The molecule has 2 N–H and O–H groups in total. The Morgan fingerprint density at radius 1 is 1.09 bits per heavy atom. The first-order valence-corrected chi connectivity index (χ1v) is 8.15. The average Bonchev–Trinajstić information content (AvgIpc) is 3.03. The lowest BCUT2D eigenvalue weighted by atomic mass is 9.88. The molecule has 1 saturated heterocycles. The summed E-state index contributed by atoms with van der Waals surface area (Å²) in [6.45, 7) is 1.59. The SMILES string of the molecule is Cl.O=C(NC1CCCC1)c1cc(F)c(F)c(C2CCNCC2)c1. The molecule has 2 aliphatic rings. The number of carbonyl (C=O) groups excluding carboxylic acids is 1. The van der Waals surface area contributed by atoms with Crippen molar-refractivity contribution in [2.24, 2.45) is 0 Å². The van der Waals surface area contributed by atoms with Crippen LogP contribution in [0.25, 0.3) is 0 Å². The highest BCUT2D eigenvalue weighted by atomic mass is 35.5. The fourth-order valence-corrected chi connectivity index (χ4v) is 3.51. The standard InChI is InChI=1S/C17H22F2N2O.ClH/c18-15-10-12(17(22)21-13-3-1-2-4-13)9-14(16(15)19)11-5-7-20-8-6-11;/h9-11,13,20H,1-8H2,(H,21,22);1H. The molecule has 1 amide bonds. The summed E-state index contributed by atoms with van der Waals surface area (Å²) in [6, 6.07) is 2.73. The number of hydrogen-bond donors (Lipinski definition) is 2. The Hall–Kier alpha value is -1.20. The zero-order valence-electron chi connectivity index (χ0n) is 13.0. The number of rotatable bonds is 3. The Labute approximate surface area is 141 Å². The lowest BCUT2D eigenvalue weighted by molar-refractivity contribution is 0.0937. The van der Waals surface area contributed by atoms with E-state index in [0.717, 1.165) is 57.7 Å². The largest absolute Gasteiger partial charge is 0.349 e. The maximum atomic E-state index is 14.1. The molecule has 0 radical (unpaired) electrons. The highest BCUT2D eigenvalue weighted by Crippen LogP contribution is 2.30. The molecular formula is C17H23ClF2N2O. The van der Waals surface area contributed by atoms with Crippen LogP contribution in [0.15, 0.2) is 12.1 Å². The summed E-state index contributed by atoms with van der Waals surface area (Å²) < 4.78 is 28.0. The summed E-state index contributed by atoms with van der Waals surface area (Å²) in [5.41, 5.74) is 0.581. The van der Waals surface area contributed by atoms with Crippen LogP contribution in [0.4, 0.5) is 8.78 Å². The molecule has 0 aromatic heterocycles. The van der Waals surface area contributed by atoms with Crippen LogP contribution in [-0.2, 0) is 0 Å². The van der Waals surface area contributed by atoms with Crippen LogP contribution in [0.5, 0.6) is 0 Å². The zero-order valence-corrected chi connectivity index (χ0v) is 13.9. The molecule has 2 fully saturated rings. The summed E-state index contributed by atoms with van der Waals surface area (Å²) in [5, 5.41) is 6.14. The number of nitrogens with one attached hydrogen (secondary N) is 2. The first-order valence-electron chi connectivity index (χ1n) is 8.15. The minimum atomic E-state index is -0.924. The summed E-state index contributed by atoms with van der Waals surface area (Å²) in [4.78, 5) is 12.3. The zero-order chi connectivity index (χ0) is 15.5. The predicted octanol–water partition coefficient (Wildman–Crippen LogP) is 3.53. The van der Waals surface area contributed by atoms with Gasteiger partial charge in [-0.25, -0.2) is 8.78 Å². The van der Waals surface area contributed by atoms with Crippen LogP contribution in [-0.4, -0.2) is 25.0 Å². The second-order valence-corrected chi connectivity index (χ2v) is 6.34. The third-order valence-electron chi connectivity index (χ3n) is 4.79. The van der Waals surface area contributed by atoms with Crippen molar-refractivity contribution >= 4 is 18.3 Å². The Morgan fingerprint density at radius 3 is 2.39 bits per heavy atom. The van der Waals surface area contributed by atoms with E-state index in [1.165, 1.54) is 0 Å². The van der Waals surface area contributed by atoms with Crippen molar-refractivity contribution in [3.8, 4) is 0 Å². The number of halogens is 3. The Bertz CT molecular complexity index is 556. The smallest absolute Gasteiger partial charge is 0.251 e. The van der Waals surface area contributed by atoms with Gasteiger partial charge < -0.3 is 10.6 Å². The van der Waals surface area contributed by atoms with Gasteiger partial charge in [0.25, 0.3) is 5.91 Å². The molecule has 3 nitrogen and oxygen atoms in total. The van der Waals surface area contributed by atoms with E-state index in [0.29, 0.717) is 5.56 Å². The van der Waals surface area contributed by atoms with Crippen molar-refractivity contribution in [1.29, 1.82) is 0 Å². The van der Waals surface area contributed by atoms with Gasteiger partial charge in [0, 0.05) is 11.6 Å². The van der Waals surface area contributed by atoms with Gasteiger partial charge in [0.05, 0.1) is 0 Å². The van der Waals surface area contributed by atoms with Gasteiger partial charge in [-0.15, -0.1) is 12.4 Å². The predicted molar refractivity (Wildman–Crippen MR) is 88.2 cm³/mol. The molecular weight excluding hydrogens is 322 g/mol. The maximum Gasteiger partial charge on any atom is 0.251 e. The molecule has 1 heterocycles. The van der Waals surface area contributed by atoms with Crippen molar-refractivity contribution < 1.29 is 13.6 Å². The third kappa shape index (κ3) is 4.21. The van der Waals surface area contributed by atoms with E-state index in [1.54, 1.807) is 6.07 Å². The summed E-state index contributed by atoms with van der Waals surface area (Å²) >= 11 is 0. The quantitative estimate of drug-likeness (QED) is 0.880. The van der Waals surface area contributed by atoms with Crippen LogP contribution in [0.1, 0.15) is 60.4 Å². The number of benzene rings is 1. The summed E-state index contributed by atoms with van der Waals surface area (Å²) in [6.07, 6.45) is 5.70. The van der Waals surface area contributed by atoms with Gasteiger partial charge in [0.1, 0.15) is 0 Å². The van der Waals surface area contributed by atoms with Crippen molar-refractivity contribution in [2.75, 3.05) is 13.1 Å². The molecule has 0 spiro atoms. The second-order valence-electron chi connectivity index (χ2n) is 6.34. The van der Waals surface area contributed by atoms with Crippen molar-refractivity contribution in [3.05, 3.63) is 34.9 Å². The fraction of sp³-hybridized carbons (Fsp3) is 0.588. The molecule has 23 heavy (non-hydrogen) atoms. The number of piperidine rings is 1. The van der Waals surface area contributed by atoms with Gasteiger partial charge >= 0.3 is 0 Å². The second kappa shape index (κ2) is 8.06. The topological polar surface area (TPSA) is 41.1 Å². The normalized spacial score (nSPS) is 19.4. The molecule has 1 saturated carbocycles. The minimum Gasteiger partial charge on any atom is -0.349 e. The van der Waals surface area contributed by atoms with E-state index in [1.807, 2.05) is 0 Å². The van der Waals surface area contributed by atoms with E-state index >= 15 is 0 Å². The molecule has 128 valence electrons. The van der Waals surface area contributed by atoms with E-state index in [-0.39, 0.29) is 35.8 Å². The third-order valence-corrected chi connectivity index (χ3v) is 4.79. The van der Waals surface area contributed by atoms with Gasteiger partial charge in [-0.2, -0.15) is 0 Å². The number of carbonyl (C=O) groups is 1. The minimum absolute atomic E-state index is 0. The fourth-order valence-electron chi connectivity index (χ4n) is 3.51. The molecule has 0 bridgehead atoms. The van der Waals surface area contributed by atoms with Crippen LogP contribution in [0.3, 0.4) is 0 Å². The highest BCUT2D eigenvalue weighted by Gasteiger charge is 2.24. The molecule has 6 heteroatoms. The highest BCUT2D eigenvalue weighted by molar-refractivity contribution is 5.94. The van der Waals surface area contributed by atoms with E-state index in [9.17, 15) is 13.6 Å². The number of amides is 1. The molecule has 1 aromatic rings. The van der Waals surface area contributed by atoms with Gasteiger partial charge in [-0.05, 0) is 62.4 Å². The van der Waals surface area contributed by atoms with Crippen LogP contribution in [0.2, 0.25) is 0 Å². The van der Waals surface area contributed by atoms with Crippen molar-refractivity contribution in [3.63, 3.8) is 0 Å². The molecule has 1 aliphatic heterocycles. The Morgan fingerprint density at radius 2 is 1.74 bits per heavy atom. The first kappa shape index (κ1) is 18.1. The maximum absolute atomic E-state index is 14.1. The Balaban J connectivity index is 0.00000192. The van der Waals surface area contributed by atoms with Gasteiger partial charge in [0.2, 0.25) is 0 Å². The average molecular weight is 345 g/mol. The first-order chi connectivity index (χ1) is 10.6. The summed E-state index contributed by atoms with van der Waals surface area (Å²) in [5.74, 6) is -2.03. The molecule has 1 aromatic carbocycles. The van der Waals surface area contributed by atoms with Crippen molar-refractivity contribution in [1.82, 2.24) is 10.6 Å². The lowest BCUT2D eigenvalue weighted by Gasteiger charge is -2.24. The van der Waals surface area contributed by atoms with Gasteiger partial charge in [-0.3, -0.25) is 4.79 Å². The Kier molecular flexibility index (Phi) is 6.36. The van der Waals surface area contributed by atoms with Gasteiger partial charge in [-0.1, -0.05) is 12.8 Å². The van der Waals surface area contributed by atoms with E-state index < -0.39 is 11.6 Å². The van der Waals surface area contributed by atoms with Crippen LogP contribution >= 0.6 is 12.4 Å². The monoisotopic (exact) mass is 344 g/mol.